The normalized spacial score (nSPS) is 11.0. The standard InChI is InChI=1S/C32H44N2O/c1-3-5-7-9-11-13-15-28-20-22-30(23-21-28)32-33-24-31(25-34-32)35-26-29-18-16-27(17-19-29)14-12-10-8-6-4-2/h16-25H,3-15,26H2,1-2H3. The van der Waals surface area contributed by atoms with Gasteiger partial charge < -0.3 is 4.74 Å². The van der Waals surface area contributed by atoms with Gasteiger partial charge in [-0.15, -0.1) is 0 Å². The summed E-state index contributed by atoms with van der Waals surface area (Å²) in [4.78, 5) is 9.06. The second kappa shape index (κ2) is 16.1. The van der Waals surface area contributed by atoms with Crippen LogP contribution in [-0.2, 0) is 19.4 Å². The Morgan fingerprint density at radius 2 is 1.00 bits per heavy atom. The van der Waals surface area contributed by atoms with Crippen molar-refractivity contribution in [2.45, 2.75) is 104 Å². The molecule has 0 amide bonds. The molecule has 2 aromatic carbocycles. The van der Waals surface area contributed by atoms with E-state index < -0.39 is 0 Å². The number of aromatic nitrogens is 2. The van der Waals surface area contributed by atoms with Crippen LogP contribution in [0.3, 0.4) is 0 Å². The summed E-state index contributed by atoms with van der Waals surface area (Å²) in [6, 6.07) is 17.5. The molecule has 0 radical (unpaired) electrons. The average Bonchev–Trinajstić information content (AvgIpc) is 2.91. The summed E-state index contributed by atoms with van der Waals surface area (Å²) in [5.41, 5.74) is 5.03. The van der Waals surface area contributed by atoms with Gasteiger partial charge in [0, 0.05) is 5.56 Å². The highest BCUT2D eigenvalue weighted by Gasteiger charge is 2.04. The van der Waals surface area contributed by atoms with E-state index in [2.05, 4.69) is 72.3 Å². The first-order chi connectivity index (χ1) is 17.3. The second-order valence-corrected chi connectivity index (χ2v) is 9.73. The minimum absolute atomic E-state index is 0.534. The van der Waals surface area contributed by atoms with Crippen molar-refractivity contribution >= 4 is 0 Å². The number of benzene rings is 2. The van der Waals surface area contributed by atoms with E-state index in [-0.39, 0.29) is 0 Å². The van der Waals surface area contributed by atoms with Crippen LogP contribution in [-0.4, -0.2) is 9.97 Å². The zero-order valence-electron chi connectivity index (χ0n) is 22.0. The second-order valence-electron chi connectivity index (χ2n) is 9.73. The van der Waals surface area contributed by atoms with Gasteiger partial charge in [0.15, 0.2) is 11.6 Å². The van der Waals surface area contributed by atoms with Crippen LogP contribution in [0.15, 0.2) is 60.9 Å². The fraction of sp³-hybridized carbons (Fsp3) is 0.500. The predicted molar refractivity (Wildman–Crippen MR) is 148 cm³/mol. The zero-order valence-corrected chi connectivity index (χ0v) is 22.0. The summed E-state index contributed by atoms with van der Waals surface area (Å²) >= 11 is 0. The van der Waals surface area contributed by atoms with E-state index in [9.17, 15) is 0 Å². The van der Waals surface area contributed by atoms with Crippen molar-refractivity contribution in [2.24, 2.45) is 0 Å². The lowest BCUT2D eigenvalue weighted by Crippen LogP contribution is -1.98. The van der Waals surface area contributed by atoms with Crippen LogP contribution >= 0.6 is 0 Å². The maximum Gasteiger partial charge on any atom is 0.159 e. The summed E-state index contributed by atoms with van der Waals surface area (Å²) in [6.45, 7) is 5.06. The van der Waals surface area contributed by atoms with Gasteiger partial charge in [0.25, 0.3) is 0 Å². The average molecular weight is 473 g/mol. The number of hydrogen-bond acceptors (Lipinski definition) is 3. The Labute approximate surface area is 213 Å². The summed E-state index contributed by atoms with van der Waals surface area (Å²) in [6.07, 6.45) is 20.5. The van der Waals surface area contributed by atoms with Crippen LogP contribution in [0.25, 0.3) is 11.4 Å². The number of unbranched alkanes of at least 4 members (excludes halogenated alkanes) is 9. The van der Waals surface area contributed by atoms with E-state index in [1.807, 2.05) is 0 Å². The smallest absolute Gasteiger partial charge is 0.159 e. The third-order valence-corrected chi connectivity index (χ3v) is 6.66. The van der Waals surface area contributed by atoms with Gasteiger partial charge >= 0.3 is 0 Å². The largest absolute Gasteiger partial charge is 0.486 e. The minimum Gasteiger partial charge on any atom is -0.486 e. The van der Waals surface area contributed by atoms with Gasteiger partial charge in [-0.1, -0.05) is 120 Å². The van der Waals surface area contributed by atoms with Crippen molar-refractivity contribution in [2.75, 3.05) is 0 Å². The number of ether oxygens (including phenoxy) is 1. The quantitative estimate of drug-likeness (QED) is 0.184. The van der Waals surface area contributed by atoms with E-state index in [4.69, 9.17) is 4.74 Å². The summed E-state index contributed by atoms with van der Waals surface area (Å²) in [5.74, 6) is 1.44. The fourth-order valence-corrected chi connectivity index (χ4v) is 4.37. The molecule has 1 aromatic heterocycles. The van der Waals surface area contributed by atoms with Gasteiger partial charge in [-0.05, 0) is 42.4 Å². The first-order valence-electron chi connectivity index (χ1n) is 13.9. The highest BCUT2D eigenvalue weighted by atomic mass is 16.5. The molecule has 0 spiro atoms. The summed E-state index contributed by atoms with van der Waals surface area (Å²) in [5, 5.41) is 0. The lowest BCUT2D eigenvalue weighted by Gasteiger charge is -2.08. The molecule has 1 heterocycles. The highest BCUT2D eigenvalue weighted by Crippen LogP contribution is 2.19. The molecule has 0 bridgehead atoms. The SMILES string of the molecule is CCCCCCCCc1ccc(-c2ncc(OCc3ccc(CCCCCCC)cc3)cn2)cc1. The van der Waals surface area contributed by atoms with E-state index in [1.165, 1.54) is 93.7 Å². The van der Waals surface area contributed by atoms with E-state index in [0.717, 1.165) is 17.8 Å². The maximum atomic E-state index is 5.92. The highest BCUT2D eigenvalue weighted by molar-refractivity contribution is 5.55. The minimum atomic E-state index is 0.534. The molecule has 0 unspecified atom stereocenters. The van der Waals surface area contributed by atoms with Gasteiger partial charge in [0.2, 0.25) is 0 Å². The number of aryl methyl sites for hydroxylation is 2. The van der Waals surface area contributed by atoms with Crippen LogP contribution in [0, 0.1) is 0 Å². The van der Waals surface area contributed by atoms with Crippen LogP contribution < -0.4 is 4.74 Å². The molecule has 0 aliphatic carbocycles. The molecule has 0 N–H and O–H groups in total. The van der Waals surface area contributed by atoms with Crippen LogP contribution in [0.5, 0.6) is 5.75 Å². The van der Waals surface area contributed by atoms with Crippen molar-refractivity contribution in [3.63, 3.8) is 0 Å². The first-order valence-corrected chi connectivity index (χ1v) is 13.9. The molecule has 35 heavy (non-hydrogen) atoms. The third-order valence-electron chi connectivity index (χ3n) is 6.66. The Kier molecular flexibility index (Phi) is 12.4. The molecule has 3 rings (SSSR count). The summed E-state index contributed by atoms with van der Waals surface area (Å²) in [7, 11) is 0. The fourth-order valence-electron chi connectivity index (χ4n) is 4.37. The van der Waals surface area contributed by atoms with E-state index >= 15 is 0 Å². The molecular weight excluding hydrogens is 428 g/mol. The van der Waals surface area contributed by atoms with Crippen LogP contribution in [0.2, 0.25) is 0 Å². The Bertz CT molecular complexity index is 933. The van der Waals surface area contributed by atoms with Crippen molar-refractivity contribution in [3.05, 3.63) is 77.6 Å². The predicted octanol–water partition coefficient (Wildman–Crippen LogP) is 9.14. The Morgan fingerprint density at radius 1 is 0.543 bits per heavy atom. The molecule has 0 aliphatic rings. The molecule has 0 atom stereocenters. The van der Waals surface area contributed by atoms with E-state index in [1.54, 1.807) is 12.4 Å². The molecule has 3 aromatic rings. The van der Waals surface area contributed by atoms with Crippen molar-refractivity contribution < 1.29 is 4.74 Å². The lowest BCUT2D eigenvalue weighted by atomic mass is 10.0. The van der Waals surface area contributed by atoms with Gasteiger partial charge in [-0.3, -0.25) is 0 Å². The molecule has 0 fully saturated rings. The van der Waals surface area contributed by atoms with Gasteiger partial charge in [-0.25, -0.2) is 9.97 Å². The van der Waals surface area contributed by atoms with Crippen LogP contribution in [0.4, 0.5) is 0 Å². The number of rotatable bonds is 17. The van der Waals surface area contributed by atoms with Gasteiger partial charge in [0.05, 0.1) is 12.4 Å². The zero-order chi connectivity index (χ0) is 24.6. The molecule has 3 heteroatoms. The van der Waals surface area contributed by atoms with Crippen molar-refractivity contribution in [1.82, 2.24) is 9.97 Å². The maximum absolute atomic E-state index is 5.92. The molecule has 0 saturated heterocycles. The molecule has 0 aliphatic heterocycles. The molecular formula is C32H44N2O. The van der Waals surface area contributed by atoms with Gasteiger partial charge in [-0.2, -0.15) is 0 Å². The topological polar surface area (TPSA) is 35.0 Å². The van der Waals surface area contributed by atoms with Gasteiger partial charge in [0.1, 0.15) is 6.61 Å². The number of nitrogens with zero attached hydrogens (tertiary/aromatic N) is 2. The van der Waals surface area contributed by atoms with Crippen molar-refractivity contribution in [3.8, 4) is 17.1 Å². The van der Waals surface area contributed by atoms with Crippen LogP contribution in [0.1, 0.15) is 101 Å². The first kappa shape index (κ1) is 26.9. The molecule has 0 saturated carbocycles. The Morgan fingerprint density at radius 3 is 1.54 bits per heavy atom. The lowest BCUT2D eigenvalue weighted by molar-refractivity contribution is 0.303. The summed E-state index contributed by atoms with van der Waals surface area (Å²) < 4.78 is 5.92. The molecule has 3 nitrogen and oxygen atoms in total. The van der Waals surface area contributed by atoms with E-state index in [0.29, 0.717) is 12.4 Å². The Hall–Kier alpha value is -2.68. The van der Waals surface area contributed by atoms with Crippen molar-refractivity contribution in [1.29, 1.82) is 0 Å². The monoisotopic (exact) mass is 472 g/mol. The third kappa shape index (κ3) is 10.2. The molecule has 188 valence electrons. The number of hydrogen-bond donors (Lipinski definition) is 0. The Balaban J connectivity index is 1.39.